The van der Waals surface area contributed by atoms with Crippen molar-refractivity contribution in [2.45, 2.75) is 43.6 Å². The molecule has 2 rings (SSSR count). The lowest BCUT2D eigenvalue weighted by molar-refractivity contribution is -0.138. The third-order valence-corrected chi connectivity index (χ3v) is 4.86. The van der Waals surface area contributed by atoms with Gasteiger partial charge >= 0.3 is 5.97 Å². The number of carbonyl (C=O) groups is 2. The van der Waals surface area contributed by atoms with Crippen molar-refractivity contribution in [3.8, 4) is 0 Å². The molecule has 0 aromatic heterocycles. The Morgan fingerprint density at radius 2 is 2.14 bits per heavy atom. The van der Waals surface area contributed by atoms with Gasteiger partial charge in [-0.2, -0.15) is 0 Å². The molecule has 0 bridgehead atoms. The Kier molecular flexibility index (Phi) is 5.67. The maximum Gasteiger partial charge on any atom is 0.305 e. The quantitative estimate of drug-likeness (QED) is 0.819. The second-order valence-electron chi connectivity index (χ2n) is 5.22. The predicted octanol–water partition coefficient (Wildman–Crippen LogP) is 3.30. The molecule has 21 heavy (non-hydrogen) atoms. The van der Waals surface area contributed by atoms with Gasteiger partial charge in [0.15, 0.2) is 0 Å². The summed E-state index contributed by atoms with van der Waals surface area (Å²) in [4.78, 5) is 25.5. The molecule has 0 aliphatic carbocycles. The number of thioether (sulfide) groups is 1. The Balaban J connectivity index is 2.24. The number of fused-ring (bicyclic) bond motifs is 1. The predicted molar refractivity (Wildman–Crippen MR) is 85.7 cm³/mol. The van der Waals surface area contributed by atoms with Crippen molar-refractivity contribution in [2.75, 3.05) is 11.4 Å². The molecule has 0 saturated heterocycles. The largest absolute Gasteiger partial charge is 0.481 e. The van der Waals surface area contributed by atoms with Crippen LogP contribution in [0.15, 0.2) is 24.3 Å². The first-order valence-electron chi connectivity index (χ1n) is 7.36. The van der Waals surface area contributed by atoms with Crippen LogP contribution >= 0.6 is 11.8 Å². The minimum absolute atomic E-state index is 0.0662. The summed E-state index contributed by atoms with van der Waals surface area (Å²) in [6.45, 7) is 2.79. The molecule has 114 valence electrons. The zero-order valence-electron chi connectivity index (χ0n) is 12.2. The lowest BCUT2D eigenvalue weighted by Crippen LogP contribution is -2.38. The van der Waals surface area contributed by atoms with Crippen LogP contribution < -0.4 is 4.90 Å². The summed E-state index contributed by atoms with van der Waals surface area (Å²) in [5, 5.41) is 8.52. The highest BCUT2D eigenvalue weighted by Gasteiger charge is 2.31. The van der Waals surface area contributed by atoms with Crippen LogP contribution in [0.4, 0.5) is 5.69 Å². The number of carboxylic acids is 1. The molecule has 5 heteroatoms. The molecule has 0 radical (unpaired) electrons. The number of anilines is 1. The Bertz CT molecular complexity index is 518. The van der Waals surface area contributed by atoms with Gasteiger partial charge in [0.1, 0.15) is 0 Å². The van der Waals surface area contributed by atoms with Crippen molar-refractivity contribution in [1.29, 1.82) is 0 Å². The van der Waals surface area contributed by atoms with Crippen LogP contribution in [0.2, 0.25) is 0 Å². The molecule has 1 atom stereocenters. The molecule has 1 amide bonds. The maximum atomic E-state index is 12.7. The van der Waals surface area contributed by atoms with E-state index in [9.17, 15) is 9.59 Å². The van der Waals surface area contributed by atoms with E-state index in [-0.39, 0.29) is 12.3 Å². The van der Waals surface area contributed by atoms with Crippen molar-refractivity contribution >= 4 is 29.3 Å². The number of para-hydroxylation sites is 1. The summed E-state index contributed by atoms with van der Waals surface area (Å²) in [6.07, 6.45) is 3.00. The fourth-order valence-corrected chi connectivity index (χ4v) is 3.66. The summed E-state index contributed by atoms with van der Waals surface area (Å²) >= 11 is 1.43. The monoisotopic (exact) mass is 307 g/mol. The Morgan fingerprint density at radius 3 is 2.86 bits per heavy atom. The maximum absolute atomic E-state index is 12.7. The topological polar surface area (TPSA) is 57.6 Å². The summed E-state index contributed by atoms with van der Waals surface area (Å²) in [6, 6.07) is 7.88. The molecule has 1 aromatic carbocycles. The highest BCUT2D eigenvalue weighted by Crippen LogP contribution is 2.34. The van der Waals surface area contributed by atoms with E-state index in [4.69, 9.17) is 5.11 Å². The first-order chi connectivity index (χ1) is 10.1. The molecule has 0 fully saturated rings. The Labute approximate surface area is 129 Å². The highest BCUT2D eigenvalue weighted by atomic mass is 32.2. The second kappa shape index (κ2) is 7.50. The third kappa shape index (κ3) is 4.00. The van der Waals surface area contributed by atoms with Crippen molar-refractivity contribution in [1.82, 2.24) is 0 Å². The van der Waals surface area contributed by atoms with Crippen molar-refractivity contribution in [3.05, 3.63) is 29.8 Å². The zero-order valence-corrected chi connectivity index (χ0v) is 13.1. The normalized spacial score (nSPS) is 18.2. The van der Waals surface area contributed by atoms with Gasteiger partial charge in [0, 0.05) is 18.0 Å². The molecule has 1 N–H and O–H groups in total. The van der Waals surface area contributed by atoms with E-state index in [0.717, 1.165) is 30.5 Å². The average Bonchev–Trinajstić information content (AvgIpc) is 2.59. The van der Waals surface area contributed by atoms with E-state index in [1.165, 1.54) is 11.8 Å². The third-order valence-electron chi connectivity index (χ3n) is 3.61. The van der Waals surface area contributed by atoms with Crippen LogP contribution in [-0.2, 0) is 15.3 Å². The summed E-state index contributed by atoms with van der Waals surface area (Å²) in [5.41, 5.74) is 2.05. The minimum Gasteiger partial charge on any atom is -0.481 e. The first kappa shape index (κ1) is 15.9. The van der Waals surface area contributed by atoms with Gasteiger partial charge in [0.25, 0.3) is 0 Å². The Hall–Kier alpha value is -1.49. The van der Waals surface area contributed by atoms with Crippen LogP contribution in [-0.4, -0.2) is 28.8 Å². The number of benzene rings is 1. The van der Waals surface area contributed by atoms with Crippen LogP contribution in [0, 0.1) is 0 Å². The molecular formula is C16H21NO3S. The number of aliphatic carboxylic acids is 1. The molecule has 1 aliphatic rings. The van der Waals surface area contributed by atoms with Gasteiger partial charge in [0.2, 0.25) is 5.91 Å². The van der Waals surface area contributed by atoms with Gasteiger partial charge in [-0.3, -0.25) is 9.59 Å². The van der Waals surface area contributed by atoms with Gasteiger partial charge in [-0.05, 0) is 18.1 Å². The van der Waals surface area contributed by atoms with Gasteiger partial charge in [-0.25, -0.2) is 0 Å². The second-order valence-corrected chi connectivity index (χ2v) is 6.41. The molecule has 1 heterocycles. The van der Waals surface area contributed by atoms with Gasteiger partial charge in [0.05, 0.1) is 11.7 Å². The van der Waals surface area contributed by atoms with Crippen molar-refractivity contribution < 1.29 is 14.7 Å². The fourth-order valence-electron chi connectivity index (χ4n) is 2.51. The molecule has 0 saturated carbocycles. The van der Waals surface area contributed by atoms with E-state index < -0.39 is 11.2 Å². The number of nitrogens with zero attached hydrogens (tertiary/aromatic N) is 1. The number of carboxylic acid groups (broad SMARTS) is 1. The van der Waals surface area contributed by atoms with Crippen molar-refractivity contribution in [3.63, 3.8) is 0 Å². The number of carbonyl (C=O) groups excluding carboxylic acids is 1. The number of rotatable bonds is 6. The van der Waals surface area contributed by atoms with Crippen LogP contribution in [0.5, 0.6) is 0 Å². The molecule has 1 aliphatic heterocycles. The number of unbranched alkanes of at least 4 members (excludes halogenated alkanes) is 2. The van der Waals surface area contributed by atoms with Gasteiger partial charge < -0.3 is 10.0 Å². The van der Waals surface area contributed by atoms with Crippen molar-refractivity contribution in [2.24, 2.45) is 0 Å². The SMILES string of the molecule is CCCCCN1C(=O)C(CC(=O)O)SCc2ccccc21. The van der Waals surface area contributed by atoms with Crippen LogP contribution in [0.3, 0.4) is 0 Å². The molecule has 1 aromatic rings. The molecule has 1 unspecified atom stereocenters. The van der Waals surface area contributed by atoms with E-state index in [1.807, 2.05) is 24.3 Å². The van der Waals surface area contributed by atoms with E-state index in [2.05, 4.69) is 6.92 Å². The standard InChI is InChI=1S/C16H21NO3S/c1-2-3-6-9-17-13-8-5-4-7-12(13)11-21-14(16(17)20)10-15(18)19/h4-5,7-8,14H,2-3,6,9-11H2,1H3,(H,18,19). The number of hydrogen-bond donors (Lipinski definition) is 1. The number of hydrogen-bond acceptors (Lipinski definition) is 3. The van der Waals surface area contributed by atoms with E-state index in [0.29, 0.717) is 12.3 Å². The molecule has 0 spiro atoms. The first-order valence-corrected chi connectivity index (χ1v) is 8.41. The van der Waals surface area contributed by atoms with E-state index >= 15 is 0 Å². The summed E-state index contributed by atoms with van der Waals surface area (Å²) < 4.78 is 0. The smallest absolute Gasteiger partial charge is 0.305 e. The lowest BCUT2D eigenvalue weighted by Gasteiger charge is -2.25. The van der Waals surface area contributed by atoms with Crippen LogP contribution in [0.25, 0.3) is 0 Å². The fraction of sp³-hybridized carbons (Fsp3) is 0.500. The number of amides is 1. The summed E-state index contributed by atoms with van der Waals surface area (Å²) in [7, 11) is 0. The minimum atomic E-state index is -0.916. The average molecular weight is 307 g/mol. The molecular weight excluding hydrogens is 286 g/mol. The van der Waals surface area contributed by atoms with Gasteiger partial charge in [-0.1, -0.05) is 38.0 Å². The van der Waals surface area contributed by atoms with Crippen LogP contribution in [0.1, 0.15) is 38.2 Å². The lowest BCUT2D eigenvalue weighted by atomic mass is 10.1. The molecule has 4 nitrogen and oxygen atoms in total. The Morgan fingerprint density at radius 1 is 1.38 bits per heavy atom. The van der Waals surface area contributed by atoms with E-state index in [1.54, 1.807) is 4.90 Å². The summed E-state index contributed by atoms with van der Waals surface area (Å²) in [5.74, 6) is -0.298. The van der Waals surface area contributed by atoms with Gasteiger partial charge in [-0.15, -0.1) is 11.8 Å². The zero-order chi connectivity index (χ0) is 15.2. The highest BCUT2D eigenvalue weighted by molar-refractivity contribution is 7.99.